The molecule has 2 unspecified atom stereocenters. The minimum Gasteiger partial charge on any atom is -0.354 e. The summed E-state index contributed by atoms with van der Waals surface area (Å²) in [4.78, 5) is 16.2. The molecule has 0 bridgehead atoms. The average Bonchev–Trinajstić information content (AvgIpc) is 2.90. The third kappa shape index (κ3) is 5.71. The number of aliphatic imine (C=N–C) groups is 1. The van der Waals surface area contributed by atoms with Gasteiger partial charge in [0, 0.05) is 17.6 Å². The van der Waals surface area contributed by atoms with Gasteiger partial charge in [-0.05, 0) is 51.5 Å². The Bertz CT molecular complexity index is 628. The van der Waals surface area contributed by atoms with E-state index in [1.165, 1.54) is 0 Å². The lowest BCUT2D eigenvalue weighted by Gasteiger charge is -2.18. The van der Waals surface area contributed by atoms with Crippen LogP contribution in [-0.2, 0) is 6.18 Å². The number of carbonyl (C=O) groups is 1. The summed E-state index contributed by atoms with van der Waals surface area (Å²) >= 11 is 0. The number of guanidine groups is 1. The third-order valence-electron chi connectivity index (χ3n) is 3.50. The molecule has 25 heavy (non-hydrogen) atoms. The second-order valence-corrected chi connectivity index (χ2v) is 6.26. The summed E-state index contributed by atoms with van der Waals surface area (Å²) in [7, 11) is 0. The molecular formula is C16H22F3N5O. The molecule has 1 saturated heterocycles. The number of amides is 1. The van der Waals surface area contributed by atoms with E-state index in [9.17, 15) is 18.0 Å². The summed E-state index contributed by atoms with van der Waals surface area (Å²) in [5.74, 6) is -0.350. The molecule has 1 aliphatic rings. The minimum atomic E-state index is -4.44. The van der Waals surface area contributed by atoms with E-state index in [1.54, 1.807) is 0 Å². The molecule has 2 rings (SSSR count). The van der Waals surface area contributed by atoms with Crippen LogP contribution < -0.4 is 21.5 Å². The van der Waals surface area contributed by atoms with Gasteiger partial charge in [0.15, 0.2) is 0 Å². The van der Waals surface area contributed by atoms with Crippen molar-refractivity contribution in [2.24, 2.45) is 4.99 Å². The lowest BCUT2D eigenvalue weighted by Crippen LogP contribution is -2.51. The normalized spacial score (nSPS) is 21.5. The molecule has 6 nitrogen and oxygen atoms in total. The minimum absolute atomic E-state index is 0.0263. The summed E-state index contributed by atoms with van der Waals surface area (Å²) in [6.07, 6.45) is -3.76. The predicted molar refractivity (Wildman–Crippen MR) is 88.8 cm³/mol. The SMILES string of the molecule is CC(C)N/C(=N/C(=O)c1ccc(C(F)(F)F)cc1)NC1CC(C)NN1. The van der Waals surface area contributed by atoms with Crippen molar-refractivity contribution in [3.8, 4) is 0 Å². The number of benzene rings is 1. The van der Waals surface area contributed by atoms with Crippen molar-refractivity contribution in [3.63, 3.8) is 0 Å². The van der Waals surface area contributed by atoms with Crippen molar-refractivity contribution in [3.05, 3.63) is 35.4 Å². The van der Waals surface area contributed by atoms with E-state index in [-0.39, 0.29) is 29.8 Å². The van der Waals surface area contributed by atoms with Gasteiger partial charge in [-0.2, -0.15) is 18.2 Å². The highest BCUT2D eigenvalue weighted by Crippen LogP contribution is 2.29. The highest BCUT2D eigenvalue weighted by Gasteiger charge is 2.30. The molecule has 0 radical (unpaired) electrons. The second kappa shape index (κ2) is 7.83. The number of rotatable bonds is 3. The van der Waals surface area contributed by atoms with Crippen LogP contribution in [0.4, 0.5) is 13.2 Å². The molecule has 0 saturated carbocycles. The Morgan fingerprint density at radius 2 is 1.88 bits per heavy atom. The molecular weight excluding hydrogens is 335 g/mol. The highest BCUT2D eigenvalue weighted by molar-refractivity contribution is 6.02. The van der Waals surface area contributed by atoms with Crippen LogP contribution in [-0.4, -0.2) is 30.1 Å². The number of nitrogens with zero attached hydrogens (tertiary/aromatic N) is 1. The fourth-order valence-electron chi connectivity index (χ4n) is 2.32. The van der Waals surface area contributed by atoms with E-state index in [2.05, 4.69) is 26.5 Å². The van der Waals surface area contributed by atoms with Gasteiger partial charge < -0.3 is 10.6 Å². The first-order chi connectivity index (χ1) is 11.6. The van der Waals surface area contributed by atoms with Gasteiger partial charge in [-0.3, -0.25) is 10.2 Å². The number of alkyl halides is 3. The molecule has 1 aliphatic heterocycles. The Morgan fingerprint density at radius 1 is 1.24 bits per heavy atom. The zero-order valence-corrected chi connectivity index (χ0v) is 14.2. The molecule has 1 aromatic rings. The van der Waals surface area contributed by atoms with Crippen molar-refractivity contribution in [2.75, 3.05) is 0 Å². The standard InChI is InChI=1S/C16H22F3N5O/c1-9(2)20-15(21-13-8-10(3)23-24-13)22-14(25)11-4-6-12(7-5-11)16(17,18)19/h4-7,9-10,13,23-24H,8H2,1-3H3,(H2,20,21,22,25). The van der Waals surface area contributed by atoms with Crippen LogP contribution in [0.3, 0.4) is 0 Å². The molecule has 2 atom stereocenters. The summed E-state index contributed by atoms with van der Waals surface area (Å²) in [5, 5.41) is 6.11. The number of nitrogens with one attached hydrogen (secondary N) is 4. The van der Waals surface area contributed by atoms with E-state index < -0.39 is 17.6 Å². The Kier molecular flexibility index (Phi) is 6.02. The molecule has 1 heterocycles. The Labute approximate surface area is 144 Å². The van der Waals surface area contributed by atoms with Crippen molar-refractivity contribution in [2.45, 2.75) is 51.6 Å². The van der Waals surface area contributed by atoms with Crippen molar-refractivity contribution in [1.29, 1.82) is 0 Å². The second-order valence-electron chi connectivity index (χ2n) is 6.26. The maximum absolute atomic E-state index is 12.6. The van der Waals surface area contributed by atoms with E-state index in [0.29, 0.717) is 0 Å². The Hall–Kier alpha value is -2.13. The van der Waals surface area contributed by atoms with Crippen LogP contribution >= 0.6 is 0 Å². The van der Waals surface area contributed by atoms with Gasteiger partial charge in [-0.1, -0.05) is 0 Å². The Morgan fingerprint density at radius 3 is 2.36 bits per heavy atom. The lowest BCUT2D eigenvalue weighted by atomic mass is 10.1. The van der Waals surface area contributed by atoms with E-state index in [0.717, 1.165) is 30.7 Å². The first-order valence-corrected chi connectivity index (χ1v) is 7.99. The maximum Gasteiger partial charge on any atom is 0.416 e. The van der Waals surface area contributed by atoms with Crippen LogP contribution in [0.5, 0.6) is 0 Å². The first-order valence-electron chi connectivity index (χ1n) is 7.99. The van der Waals surface area contributed by atoms with Gasteiger partial charge in [-0.15, -0.1) is 0 Å². The van der Waals surface area contributed by atoms with Crippen LogP contribution in [0.25, 0.3) is 0 Å². The molecule has 9 heteroatoms. The van der Waals surface area contributed by atoms with Gasteiger partial charge in [0.1, 0.15) is 0 Å². The number of hydrazine groups is 1. The zero-order valence-electron chi connectivity index (χ0n) is 14.2. The summed E-state index contributed by atoms with van der Waals surface area (Å²) in [6, 6.07) is 4.28. The fraction of sp³-hybridized carbons (Fsp3) is 0.500. The van der Waals surface area contributed by atoms with E-state index >= 15 is 0 Å². The predicted octanol–water partition coefficient (Wildman–Crippen LogP) is 2.00. The molecule has 1 fully saturated rings. The van der Waals surface area contributed by atoms with Gasteiger partial charge in [0.25, 0.3) is 5.91 Å². The average molecular weight is 357 g/mol. The molecule has 1 amide bonds. The Balaban J connectivity index is 2.12. The molecule has 0 aromatic heterocycles. The van der Waals surface area contributed by atoms with Crippen LogP contribution in [0.1, 0.15) is 43.1 Å². The third-order valence-corrected chi connectivity index (χ3v) is 3.50. The van der Waals surface area contributed by atoms with Gasteiger partial charge in [-0.25, -0.2) is 5.43 Å². The maximum atomic E-state index is 12.6. The number of carbonyl (C=O) groups excluding carboxylic acids is 1. The fourth-order valence-corrected chi connectivity index (χ4v) is 2.32. The molecule has 0 aliphatic carbocycles. The number of halogens is 3. The van der Waals surface area contributed by atoms with Crippen molar-refractivity contribution in [1.82, 2.24) is 21.5 Å². The monoisotopic (exact) mass is 357 g/mol. The number of hydrogen-bond acceptors (Lipinski definition) is 3. The first kappa shape index (κ1) is 19.2. The van der Waals surface area contributed by atoms with Gasteiger partial charge in [0.2, 0.25) is 5.96 Å². The topological polar surface area (TPSA) is 77.5 Å². The molecule has 138 valence electrons. The van der Waals surface area contributed by atoms with Crippen molar-refractivity contribution < 1.29 is 18.0 Å². The van der Waals surface area contributed by atoms with Gasteiger partial charge in [0.05, 0.1) is 11.7 Å². The van der Waals surface area contributed by atoms with E-state index in [4.69, 9.17) is 0 Å². The van der Waals surface area contributed by atoms with E-state index in [1.807, 2.05) is 20.8 Å². The summed E-state index contributed by atoms with van der Waals surface area (Å²) in [5.41, 5.74) is 5.36. The zero-order chi connectivity index (χ0) is 18.6. The van der Waals surface area contributed by atoms with Crippen molar-refractivity contribution >= 4 is 11.9 Å². The smallest absolute Gasteiger partial charge is 0.354 e. The number of hydrogen-bond donors (Lipinski definition) is 4. The quantitative estimate of drug-likeness (QED) is 0.492. The van der Waals surface area contributed by atoms with Crippen LogP contribution in [0.2, 0.25) is 0 Å². The summed E-state index contributed by atoms with van der Waals surface area (Å²) in [6.45, 7) is 5.79. The highest BCUT2D eigenvalue weighted by atomic mass is 19.4. The molecule has 4 N–H and O–H groups in total. The van der Waals surface area contributed by atoms with Crippen LogP contribution in [0, 0.1) is 0 Å². The van der Waals surface area contributed by atoms with Crippen LogP contribution in [0.15, 0.2) is 29.3 Å². The van der Waals surface area contributed by atoms with Gasteiger partial charge >= 0.3 is 6.18 Å². The molecule has 0 spiro atoms. The summed E-state index contributed by atoms with van der Waals surface area (Å²) < 4.78 is 37.8. The molecule has 1 aromatic carbocycles. The largest absolute Gasteiger partial charge is 0.416 e. The lowest BCUT2D eigenvalue weighted by molar-refractivity contribution is -0.137.